The second kappa shape index (κ2) is 5.85. The zero-order chi connectivity index (χ0) is 10.3. The monoisotopic (exact) mass is 208 g/mol. The van der Waals surface area contributed by atoms with Gasteiger partial charge in [-0.25, -0.2) is 4.98 Å². The van der Waals surface area contributed by atoms with Crippen LogP contribution in [0.3, 0.4) is 0 Å². The van der Waals surface area contributed by atoms with Crippen molar-refractivity contribution in [1.29, 1.82) is 0 Å². The lowest BCUT2D eigenvalue weighted by Crippen LogP contribution is -2.17. The molecule has 4 nitrogen and oxygen atoms in total. The molecule has 0 spiro atoms. The summed E-state index contributed by atoms with van der Waals surface area (Å²) in [5.41, 5.74) is 0. The van der Waals surface area contributed by atoms with Crippen molar-refractivity contribution in [2.75, 3.05) is 6.54 Å². The molecule has 1 saturated carbocycles. The van der Waals surface area contributed by atoms with E-state index in [1.165, 1.54) is 45.1 Å². The van der Waals surface area contributed by atoms with Gasteiger partial charge >= 0.3 is 0 Å². The van der Waals surface area contributed by atoms with E-state index in [0.29, 0.717) is 0 Å². The van der Waals surface area contributed by atoms with Crippen LogP contribution in [-0.4, -0.2) is 27.4 Å². The Bertz CT molecular complexity index is 254. The van der Waals surface area contributed by atoms with Crippen molar-refractivity contribution in [1.82, 2.24) is 20.1 Å². The minimum Gasteiger partial charge on any atom is -0.314 e. The Morgan fingerprint density at radius 3 is 2.80 bits per heavy atom. The maximum Gasteiger partial charge on any atom is 0.137 e. The number of hydrogen-bond donors (Lipinski definition) is 1. The van der Waals surface area contributed by atoms with Gasteiger partial charge in [-0.3, -0.25) is 4.68 Å². The number of nitrogens with zero attached hydrogens (tertiary/aromatic N) is 3. The van der Waals surface area contributed by atoms with Crippen molar-refractivity contribution in [3.05, 3.63) is 12.7 Å². The van der Waals surface area contributed by atoms with Crippen molar-refractivity contribution in [3.8, 4) is 0 Å². The summed E-state index contributed by atoms with van der Waals surface area (Å²) in [5, 5.41) is 7.61. The largest absolute Gasteiger partial charge is 0.314 e. The quantitative estimate of drug-likeness (QED) is 0.660. The fourth-order valence-electron chi connectivity index (χ4n) is 1.69. The summed E-state index contributed by atoms with van der Waals surface area (Å²) in [7, 11) is 0. The number of nitrogens with one attached hydrogen (secondary N) is 1. The molecule has 0 saturated heterocycles. The lowest BCUT2D eigenvalue weighted by Gasteiger charge is -2.03. The molecule has 0 atom stereocenters. The maximum absolute atomic E-state index is 4.07. The summed E-state index contributed by atoms with van der Waals surface area (Å²) >= 11 is 0. The topological polar surface area (TPSA) is 42.7 Å². The van der Waals surface area contributed by atoms with Crippen molar-refractivity contribution < 1.29 is 0 Å². The minimum atomic E-state index is 0.861. The molecule has 84 valence electrons. The van der Waals surface area contributed by atoms with Crippen LogP contribution in [0.4, 0.5) is 0 Å². The molecule has 0 bridgehead atoms. The molecule has 1 aromatic heterocycles. The van der Waals surface area contributed by atoms with E-state index in [4.69, 9.17) is 0 Å². The number of unbranched alkanes of at least 4 members (excludes halogenated alkanes) is 3. The zero-order valence-electron chi connectivity index (χ0n) is 9.23. The smallest absolute Gasteiger partial charge is 0.137 e. The molecule has 0 amide bonds. The first-order valence-electron chi connectivity index (χ1n) is 6.01. The molecule has 1 fully saturated rings. The van der Waals surface area contributed by atoms with Gasteiger partial charge in [0.05, 0.1) is 0 Å². The Morgan fingerprint density at radius 1 is 1.20 bits per heavy atom. The van der Waals surface area contributed by atoms with Crippen molar-refractivity contribution >= 4 is 0 Å². The highest BCUT2D eigenvalue weighted by molar-refractivity contribution is 4.80. The molecular weight excluding hydrogens is 188 g/mol. The van der Waals surface area contributed by atoms with E-state index in [-0.39, 0.29) is 0 Å². The highest BCUT2D eigenvalue weighted by atomic mass is 15.3. The summed E-state index contributed by atoms with van der Waals surface area (Å²) < 4.78 is 1.91. The number of aromatic nitrogens is 3. The van der Waals surface area contributed by atoms with E-state index in [0.717, 1.165) is 12.6 Å². The van der Waals surface area contributed by atoms with E-state index < -0.39 is 0 Å². The fraction of sp³-hybridized carbons (Fsp3) is 0.818. The average molecular weight is 208 g/mol. The van der Waals surface area contributed by atoms with Gasteiger partial charge < -0.3 is 5.32 Å². The first-order chi connectivity index (χ1) is 7.45. The number of hydrogen-bond acceptors (Lipinski definition) is 3. The summed E-state index contributed by atoms with van der Waals surface area (Å²) in [6.07, 6.45) is 11.3. The van der Waals surface area contributed by atoms with Crippen molar-refractivity contribution in [3.63, 3.8) is 0 Å². The summed E-state index contributed by atoms with van der Waals surface area (Å²) in [4.78, 5) is 3.92. The molecule has 1 aliphatic rings. The van der Waals surface area contributed by atoms with Crippen LogP contribution >= 0.6 is 0 Å². The van der Waals surface area contributed by atoms with Crippen LogP contribution in [-0.2, 0) is 6.54 Å². The Kier molecular flexibility index (Phi) is 4.14. The predicted octanol–water partition coefficient (Wildman–Crippen LogP) is 1.59. The van der Waals surface area contributed by atoms with E-state index in [2.05, 4.69) is 15.4 Å². The maximum atomic E-state index is 4.07. The molecule has 0 aliphatic heterocycles. The van der Waals surface area contributed by atoms with Crippen LogP contribution in [0.15, 0.2) is 12.7 Å². The van der Waals surface area contributed by atoms with Gasteiger partial charge in [-0.1, -0.05) is 12.8 Å². The van der Waals surface area contributed by atoms with Crippen LogP contribution in [0, 0.1) is 0 Å². The molecule has 0 aromatic carbocycles. The average Bonchev–Trinajstić information content (AvgIpc) is 2.92. The van der Waals surface area contributed by atoms with E-state index in [9.17, 15) is 0 Å². The summed E-state index contributed by atoms with van der Waals surface area (Å²) in [6.45, 7) is 2.21. The van der Waals surface area contributed by atoms with E-state index in [1.54, 1.807) is 12.7 Å². The first kappa shape index (κ1) is 10.6. The van der Waals surface area contributed by atoms with Crippen LogP contribution in [0.1, 0.15) is 38.5 Å². The van der Waals surface area contributed by atoms with Gasteiger partial charge in [0.15, 0.2) is 0 Å². The van der Waals surface area contributed by atoms with Gasteiger partial charge in [0.1, 0.15) is 12.7 Å². The van der Waals surface area contributed by atoms with Gasteiger partial charge in [0.25, 0.3) is 0 Å². The molecule has 0 unspecified atom stereocenters. The summed E-state index contributed by atoms with van der Waals surface area (Å²) in [5.74, 6) is 0. The van der Waals surface area contributed by atoms with Crippen LogP contribution in [0.25, 0.3) is 0 Å². The SMILES string of the molecule is c1ncn(CCCCCCNC2CC2)n1. The summed E-state index contributed by atoms with van der Waals surface area (Å²) in [6, 6.07) is 0.861. The van der Waals surface area contributed by atoms with Crippen LogP contribution in [0.2, 0.25) is 0 Å². The second-order valence-corrected chi connectivity index (χ2v) is 4.30. The lowest BCUT2D eigenvalue weighted by molar-refractivity contribution is 0.523. The fourth-order valence-corrected chi connectivity index (χ4v) is 1.69. The Morgan fingerprint density at radius 2 is 2.07 bits per heavy atom. The third-order valence-electron chi connectivity index (χ3n) is 2.79. The highest BCUT2D eigenvalue weighted by Crippen LogP contribution is 2.18. The predicted molar refractivity (Wildman–Crippen MR) is 59.5 cm³/mol. The molecule has 1 aliphatic carbocycles. The molecule has 0 radical (unpaired) electrons. The third-order valence-corrected chi connectivity index (χ3v) is 2.79. The second-order valence-electron chi connectivity index (χ2n) is 4.30. The third kappa shape index (κ3) is 4.42. The van der Waals surface area contributed by atoms with Gasteiger partial charge in [-0.05, 0) is 32.2 Å². The number of aryl methyl sites for hydroxylation is 1. The molecule has 1 N–H and O–H groups in total. The minimum absolute atomic E-state index is 0.861. The van der Waals surface area contributed by atoms with E-state index in [1.807, 2.05) is 4.68 Å². The molecule has 4 heteroatoms. The van der Waals surface area contributed by atoms with Gasteiger partial charge in [0.2, 0.25) is 0 Å². The Hall–Kier alpha value is -0.900. The highest BCUT2D eigenvalue weighted by Gasteiger charge is 2.19. The van der Waals surface area contributed by atoms with Gasteiger partial charge in [0, 0.05) is 12.6 Å². The van der Waals surface area contributed by atoms with Crippen LogP contribution in [0.5, 0.6) is 0 Å². The lowest BCUT2D eigenvalue weighted by atomic mass is 10.2. The molecular formula is C11H20N4. The van der Waals surface area contributed by atoms with Crippen molar-refractivity contribution in [2.45, 2.75) is 51.1 Å². The van der Waals surface area contributed by atoms with Gasteiger partial charge in [-0.2, -0.15) is 5.10 Å². The molecule has 2 rings (SSSR count). The molecule has 1 heterocycles. The van der Waals surface area contributed by atoms with E-state index >= 15 is 0 Å². The number of rotatable bonds is 8. The Labute approximate surface area is 91.1 Å². The van der Waals surface area contributed by atoms with Crippen LogP contribution < -0.4 is 5.32 Å². The first-order valence-corrected chi connectivity index (χ1v) is 6.01. The zero-order valence-corrected chi connectivity index (χ0v) is 9.23. The normalized spacial score (nSPS) is 15.7. The molecule has 1 aromatic rings. The standard InChI is InChI=1S/C11H20N4/c1(3-7-13-11-5-6-11)2-4-8-15-10-12-9-14-15/h9-11,13H,1-8H2. The Balaban J connectivity index is 1.38. The van der Waals surface area contributed by atoms with Crippen molar-refractivity contribution in [2.24, 2.45) is 0 Å². The van der Waals surface area contributed by atoms with Gasteiger partial charge in [-0.15, -0.1) is 0 Å². The molecule has 15 heavy (non-hydrogen) atoms.